The first kappa shape index (κ1) is 30.7. The van der Waals surface area contributed by atoms with Gasteiger partial charge in [0.25, 0.3) is 0 Å². The quantitative estimate of drug-likeness (QED) is 0.435. The number of hydrogen-bond donors (Lipinski definition) is 0. The van der Waals surface area contributed by atoms with Gasteiger partial charge in [-0.1, -0.05) is 68.7 Å². The molecule has 0 N–H and O–H groups in total. The minimum atomic E-state index is 0. The van der Waals surface area contributed by atoms with Gasteiger partial charge in [-0.3, -0.25) is 0 Å². The molecule has 0 amide bonds. The van der Waals surface area contributed by atoms with Crippen LogP contribution in [0.25, 0.3) is 0 Å². The first-order valence-electron chi connectivity index (χ1n) is 8.61. The Hall–Kier alpha value is -2.01. The van der Waals surface area contributed by atoms with E-state index in [1.807, 2.05) is 0 Å². The maximum Gasteiger partial charge on any atom is 0 e. The molecule has 0 bridgehead atoms. The number of hydrogen-bond acceptors (Lipinski definition) is 1. The van der Waals surface area contributed by atoms with Gasteiger partial charge in [0.05, 0.1) is 7.11 Å². The standard InChI is InChI=1S/C20H26O.3CO.Cr/c1-4-9-16-13-18(10-5-2)20(15-19(14-16)21-3)17-11-7-6-8-12-17;3*1-2;/h6-8,11-15,20H,4-5,9-10H2,1-3H3;;;;. The SMILES string of the molecule is CCCC1=CC(OC)=CC(c2ccccc2)C(CCC)=C1.[C-]#[O+].[C-]#[O+].[C-]#[O+].[Cr]. The Bertz CT molecular complexity index is 653. The van der Waals surface area contributed by atoms with E-state index in [9.17, 15) is 0 Å². The first-order chi connectivity index (χ1) is 13.3. The summed E-state index contributed by atoms with van der Waals surface area (Å²) in [6, 6.07) is 10.7. The summed E-state index contributed by atoms with van der Waals surface area (Å²) in [7, 11) is 1.76. The molecule has 1 aliphatic rings. The van der Waals surface area contributed by atoms with Crippen molar-refractivity contribution in [3.63, 3.8) is 0 Å². The second-order valence-electron chi connectivity index (χ2n) is 5.60. The minimum absolute atomic E-state index is 0. The van der Waals surface area contributed by atoms with E-state index in [-0.39, 0.29) is 17.4 Å². The molecule has 1 atom stereocenters. The molecule has 0 spiro atoms. The van der Waals surface area contributed by atoms with E-state index in [1.54, 1.807) is 7.11 Å². The maximum absolute atomic E-state index is 7.50. The molecule has 0 fully saturated rings. The largest absolute Gasteiger partial charge is 0 e. The summed E-state index contributed by atoms with van der Waals surface area (Å²) in [6.45, 7) is 18.0. The summed E-state index contributed by atoms with van der Waals surface area (Å²) < 4.78 is 28.1. The summed E-state index contributed by atoms with van der Waals surface area (Å²) in [5, 5.41) is 0. The third kappa shape index (κ3) is 11.0. The van der Waals surface area contributed by atoms with Gasteiger partial charge in [-0.05, 0) is 36.1 Å². The van der Waals surface area contributed by atoms with Crippen LogP contribution >= 0.6 is 0 Å². The fourth-order valence-corrected chi connectivity index (χ4v) is 2.92. The van der Waals surface area contributed by atoms with Crippen LogP contribution in [0.15, 0.2) is 65.5 Å². The van der Waals surface area contributed by atoms with Crippen molar-refractivity contribution in [2.24, 2.45) is 0 Å². The molecule has 2 rings (SSSR count). The summed E-state index contributed by atoms with van der Waals surface area (Å²) in [4.78, 5) is 0. The molecule has 0 saturated heterocycles. The fraction of sp³-hybridized carbons (Fsp3) is 0.348. The smallest absolute Gasteiger partial charge is 0 e. The van der Waals surface area contributed by atoms with Crippen molar-refractivity contribution in [3.8, 4) is 0 Å². The average molecular weight is 418 g/mol. The van der Waals surface area contributed by atoms with Crippen molar-refractivity contribution in [2.45, 2.75) is 45.4 Å². The average Bonchev–Trinajstić information content (AvgIpc) is 2.93. The summed E-state index contributed by atoms with van der Waals surface area (Å²) in [5.41, 5.74) is 4.22. The third-order valence-electron chi connectivity index (χ3n) is 3.90. The Kier molecular flexibility index (Phi) is 23.4. The van der Waals surface area contributed by atoms with Gasteiger partial charge < -0.3 is 4.74 Å². The van der Waals surface area contributed by atoms with E-state index in [2.05, 4.69) is 82.4 Å². The van der Waals surface area contributed by atoms with Gasteiger partial charge in [0.1, 0.15) is 5.76 Å². The van der Waals surface area contributed by atoms with Crippen molar-refractivity contribution in [2.75, 3.05) is 7.11 Å². The van der Waals surface area contributed by atoms with Crippen molar-refractivity contribution >= 4 is 0 Å². The van der Waals surface area contributed by atoms with Crippen LogP contribution in [0.2, 0.25) is 0 Å². The normalized spacial score (nSPS) is 14.0. The Morgan fingerprint density at radius 3 is 1.86 bits per heavy atom. The second-order valence-corrected chi connectivity index (χ2v) is 5.60. The van der Waals surface area contributed by atoms with E-state index in [1.165, 1.54) is 23.1 Å². The Morgan fingerprint density at radius 2 is 1.39 bits per heavy atom. The molecule has 5 heteroatoms. The van der Waals surface area contributed by atoms with E-state index >= 15 is 0 Å². The molecular formula is C23H26CrO4. The number of methoxy groups -OCH3 is 1. The monoisotopic (exact) mass is 418 g/mol. The van der Waals surface area contributed by atoms with Crippen LogP contribution in [0.5, 0.6) is 0 Å². The third-order valence-corrected chi connectivity index (χ3v) is 3.90. The predicted molar refractivity (Wildman–Crippen MR) is 102 cm³/mol. The van der Waals surface area contributed by atoms with Crippen LogP contribution in [0.1, 0.15) is 51.0 Å². The Morgan fingerprint density at radius 1 is 0.857 bits per heavy atom. The van der Waals surface area contributed by atoms with E-state index in [4.69, 9.17) is 18.7 Å². The molecule has 148 valence electrons. The molecule has 1 aromatic rings. The molecule has 1 unspecified atom stereocenters. The van der Waals surface area contributed by atoms with Crippen LogP contribution in [0, 0.1) is 20.0 Å². The van der Waals surface area contributed by atoms with Crippen molar-refractivity contribution < 1.29 is 36.1 Å². The van der Waals surface area contributed by atoms with Gasteiger partial charge in [0.2, 0.25) is 0 Å². The van der Waals surface area contributed by atoms with Gasteiger partial charge in [-0.15, -0.1) is 0 Å². The van der Waals surface area contributed by atoms with Gasteiger partial charge in [-0.2, -0.15) is 0 Å². The number of allylic oxidation sites excluding steroid dienone is 5. The van der Waals surface area contributed by atoms with E-state index < -0.39 is 0 Å². The first-order valence-corrected chi connectivity index (χ1v) is 8.61. The Labute approximate surface area is 179 Å². The molecular weight excluding hydrogens is 392 g/mol. The van der Waals surface area contributed by atoms with Crippen LogP contribution < -0.4 is 0 Å². The van der Waals surface area contributed by atoms with Gasteiger partial charge in [0.15, 0.2) is 0 Å². The topological polar surface area (TPSA) is 68.9 Å². The van der Waals surface area contributed by atoms with Gasteiger partial charge >= 0.3 is 33.9 Å². The molecule has 0 aromatic heterocycles. The zero-order valence-corrected chi connectivity index (χ0v) is 17.8. The van der Waals surface area contributed by atoms with E-state index in [0.717, 1.165) is 25.0 Å². The molecule has 1 aliphatic carbocycles. The fourth-order valence-electron chi connectivity index (χ4n) is 2.92. The number of rotatable bonds is 6. The molecule has 0 radical (unpaired) electrons. The number of benzene rings is 1. The van der Waals surface area contributed by atoms with Crippen LogP contribution in [0.3, 0.4) is 0 Å². The van der Waals surface area contributed by atoms with Crippen molar-refractivity contribution in [1.82, 2.24) is 0 Å². The van der Waals surface area contributed by atoms with Crippen LogP contribution in [-0.2, 0) is 36.1 Å². The van der Waals surface area contributed by atoms with Crippen LogP contribution in [-0.4, -0.2) is 7.11 Å². The van der Waals surface area contributed by atoms with Crippen molar-refractivity contribution in [1.29, 1.82) is 0 Å². The van der Waals surface area contributed by atoms with Gasteiger partial charge in [-0.25, -0.2) is 0 Å². The van der Waals surface area contributed by atoms with Gasteiger partial charge in [0, 0.05) is 23.3 Å². The molecule has 28 heavy (non-hydrogen) atoms. The number of ether oxygens (including phenoxy) is 1. The van der Waals surface area contributed by atoms with E-state index in [0.29, 0.717) is 5.92 Å². The van der Waals surface area contributed by atoms with Crippen LogP contribution in [0.4, 0.5) is 0 Å². The molecule has 4 nitrogen and oxygen atoms in total. The zero-order valence-electron chi connectivity index (χ0n) is 16.6. The summed E-state index contributed by atoms with van der Waals surface area (Å²) in [5.74, 6) is 1.31. The van der Waals surface area contributed by atoms with Crippen molar-refractivity contribution in [3.05, 3.63) is 91.0 Å². The summed E-state index contributed by atoms with van der Waals surface area (Å²) >= 11 is 0. The molecule has 0 saturated carbocycles. The minimum Gasteiger partial charge on any atom is 0 e. The summed E-state index contributed by atoms with van der Waals surface area (Å²) in [6.07, 6.45) is 11.4. The second kappa shape index (κ2) is 21.3. The zero-order chi connectivity index (χ0) is 21.1. The predicted octanol–water partition coefficient (Wildman–Crippen LogP) is 5.65. The molecule has 0 heterocycles. The Balaban J connectivity index is -0.000000815. The molecule has 0 aliphatic heterocycles. The molecule has 1 aromatic carbocycles. The maximum atomic E-state index is 7.50.